The standard InChI is InChI=1S/C13H22ClN3O/c1-12(2,3)11-16-9(14)6-10(17-11)15-7-13(4,5)8-18/h6,18H,7-8H2,1-5H3,(H,15,16,17). The zero-order valence-electron chi connectivity index (χ0n) is 11.7. The van der Waals surface area contributed by atoms with E-state index in [2.05, 4.69) is 15.3 Å². The van der Waals surface area contributed by atoms with E-state index in [4.69, 9.17) is 11.6 Å². The second kappa shape index (κ2) is 5.41. The molecule has 0 bridgehead atoms. The molecule has 4 nitrogen and oxygen atoms in total. The van der Waals surface area contributed by atoms with Gasteiger partial charge in [0.2, 0.25) is 0 Å². The number of hydrogen-bond donors (Lipinski definition) is 2. The van der Waals surface area contributed by atoms with Crippen LogP contribution in [-0.4, -0.2) is 28.2 Å². The molecule has 0 aliphatic heterocycles. The topological polar surface area (TPSA) is 58.0 Å². The van der Waals surface area contributed by atoms with E-state index in [-0.39, 0.29) is 17.4 Å². The molecule has 18 heavy (non-hydrogen) atoms. The maximum atomic E-state index is 9.21. The van der Waals surface area contributed by atoms with Gasteiger partial charge in [0.15, 0.2) is 0 Å². The lowest BCUT2D eigenvalue weighted by molar-refractivity contribution is 0.170. The number of rotatable bonds is 4. The lowest BCUT2D eigenvalue weighted by Gasteiger charge is -2.23. The Morgan fingerprint density at radius 3 is 2.33 bits per heavy atom. The third-order valence-corrected chi connectivity index (χ3v) is 2.74. The summed E-state index contributed by atoms with van der Waals surface area (Å²) in [4.78, 5) is 8.69. The summed E-state index contributed by atoms with van der Waals surface area (Å²) in [6.07, 6.45) is 0. The fraction of sp³-hybridized carbons (Fsp3) is 0.692. The molecule has 0 amide bonds. The van der Waals surface area contributed by atoms with Gasteiger partial charge >= 0.3 is 0 Å². The van der Waals surface area contributed by atoms with Crippen molar-refractivity contribution >= 4 is 17.4 Å². The molecule has 0 unspecified atom stereocenters. The minimum Gasteiger partial charge on any atom is -0.396 e. The molecule has 0 saturated carbocycles. The summed E-state index contributed by atoms with van der Waals surface area (Å²) >= 11 is 6.00. The van der Waals surface area contributed by atoms with Gasteiger partial charge in [-0.2, -0.15) is 0 Å². The fourth-order valence-electron chi connectivity index (χ4n) is 1.23. The Hall–Kier alpha value is -0.870. The van der Waals surface area contributed by atoms with Crippen LogP contribution in [0, 0.1) is 5.41 Å². The third-order valence-electron chi connectivity index (χ3n) is 2.54. The lowest BCUT2D eigenvalue weighted by atomic mass is 9.95. The van der Waals surface area contributed by atoms with Gasteiger partial charge in [-0.15, -0.1) is 0 Å². The van der Waals surface area contributed by atoms with Crippen molar-refractivity contribution in [2.75, 3.05) is 18.5 Å². The Bertz CT molecular complexity index is 413. The number of hydrogen-bond acceptors (Lipinski definition) is 4. The van der Waals surface area contributed by atoms with E-state index in [1.165, 1.54) is 0 Å². The van der Waals surface area contributed by atoms with Gasteiger partial charge in [-0.05, 0) is 0 Å². The van der Waals surface area contributed by atoms with E-state index >= 15 is 0 Å². The van der Waals surface area contributed by atoms with Crippen LogP contribution < -0.4 is 5.32 Å². The molecular formula is C13H22ClN3O. The van der Waals surface area contributed by atoms with Gasteiger partial charge < -0.3 is 10.4 Å². The molecule has 1 heterocycles. The van der Waals surface area contributed by atoms with E-state index in [1.807, 2.05) is 34.6 Å². The Balaban J connectivity index is 2.88. The molecule has 5 heteroatoms. The van der Waals surface area contributed by atoms with Crippen LogP contribution >= 0.6 is 11.6 Å². The van der Waals surface area contributed by atoms with Crippen LogP contribution in [0.1, 0.15) is 40.4 Å². The van der Waals surface area contributed by atoms with Crippen LogP contribution in [0.3, 0.4) is 0 Å². The number of aromatic nitrogens is 2. The van der Waals surface area contributed by atoms with Gasteiger partial charge in [-0.3, -0.25) is 0 Å². The number of anilines is 1. The number of halogens is 1. The second-order valence-corrected chi connectivity index (χ2v) is 6.71. The molecule has 2 N–H and O–H groups in total. The molecule has 0 spiro atoms. The highest BCUT2D eigenvalue weighted by molar-refractivity contribution is 6.29. The molecule has 1 rings (SSSR count). The average molecular weight is 272 g/mol. The van der Waals surface area contributed by atoms with E-state index in [1.54, 1.807) is 6.07 Å². The van der Waals surface area contributed by atoms with Crippen molar-refractivity contribution in [3.05, 3.63) is 17.0 Å². The molecule has 102 valence electrons. The molecule has 0 atom stereocenters. The van der Waals surface area contributed by atoms with Crippen molar-refractivity contribution in [2.45, 2.75) is 40.0 Å². The molecule has 0 aliphatic carbocycles. The number of aliphatic hydroxyl groups is 1. The van der Waals surface area contributed by atoms with Crippen LogP contribution in [0.2, 0.25) is 5.15 Å². The Kier molecular flexibility index (Phi) is 4.56. The molecular weight excluding hydrogens is 250 g/mol. The minimum absolute atomic E-state index is 0.116. The molecule has 1 aromatic heterocycles. The van der Waals surface area contributed by atoms with E-state index in [9.17, 15) is 5.11 Å². The third kappa shape index (κ3) is 4.42. The predicted octanol–water partition coefficient (Wildman–Crippen LogP) is 2.86. The molecule has 1 aromatic rings. The Labute approximate surface area is 114 Å². The fourth-order valence-corrected chi connectivity index (χ4v) is 1.41. The van der Waals surface area contributed by atoms with Gasteiger partial charge in [-0.25, -0.2) is 9.97 Å². The van der Waals surface area contributed by atoms with E-state index in [0.717, 1.165) is 0 Å². The zero-order chi connectivity index (χ0) is 14.0. The van der Waals surface area contributed by atoms with Gasteiger partial charge in [0.25, 0.3) is 0 Å². The second-order valence-electron chi connectivity index (χ2n) is 6.33. The number of nitrogens with one attached hydrogen (secondary N) is 1. The highest BCUT2D eigenvalue weighted by atomic mass is 35.5. The normalized spacial score (nSPS) is 12.6. The first kappa shape index (κ1) is 15.2. The maximum absolute atomic E-state index is 9.21. The molecule has 0 fully saturated rings. The smallest absolute Gasteiger partial charge is 0.137 e. The van der Waals surface area contributed by atoms with E-state index < -0.39 is 0 Å². The van der Waals surface area contributed by atoms with Crippen molar-refractivity contribution in [2.24, 2.45) is 5.41 Å². The average Bonchev–Trinajstić information content (AvgIpc) is 2.25. The van der Waals surface area contributed by atoms with Gasteiger partial charge in [0.05, 0.1) is 0 Å². The summed E-state index contributed by atoms with van der Waals surface area (Å²) in [7, 11) is 0. The van der Waals surface area contributed by atoms with Gasteiger partial charge in [-0.1, -0.05) is 46.2 Å². The van der Waals surface area contributed by atoms with Gasteiger partial charge in [0.1, 0.15) is 16.8 Å². The van der Waals surface area contributed by atoms with Crippen molar-refractivity contribution < 1.29 is 5.11 Å². The predicted molar refractivity (Wildman–Crippen MR) is 75.1 cm³/mol. The zero-order valence-corrected chi connectivity index (χ0v) is 12.5. The van der Waals surface area contributed by atoms with Crippen molar-refractivity contribution in [1.82, 2.24) is 9.97 Å². The number of nitrogens with zero attached hydrogens (tertiary/aromatic N) is 2. The van der Waals surface area contributed by atoms with Crippen LogP contribution in [0.5, 0.6) is 0 Å². The van der Waals surface area contributed by atoms with Gasteiger partial charge in [0, 0.05) is 30.0 Å². The summed E-state index contributed by atoms with van der Waals surface area (Å²) < 4.78 is 0. The summed E-state index contributed by atoms with van der Waals surface area (Å²) in [5.41, 5.74) is -0.340. The highest BCUT2D eigenvalue weighted by Crippen LogP contribution is 2.23. The van der Waals surface area contributed by atoms with Crippen LogP contribution in [0.4, 0.5) is 5.82 Å². The summed E-state index contributed by atoms with van der Waals surface area (Å²) in [5.74, 6) is 1.40. The quantitative estimate of drug-likeness (QED) is 0.827. The molecule has 0 aliphatic rings. The Morgan fingerprint density at radius 1 is 1.22 bits per heavy atom. The van der Waals surface area contributed by atoms with Crippen LogP contribution in [-0.2, 0) is 5.41 Å². The first-order valence-electron chi connectivity index (χ1n) is 6.04. The van der Waals surface area contributed by atoms with E-state index in [0.29, 0.717) is 23.3 Å². The Morgan fingerprint density at radius 2 is 1.83 bits per heavy atom. The first-order valence-corrected chi connectivity index (χ1v) is 6.42. The maximum Gasteiger partial charge on any atom is 0.137 e. The molecule has 0 radical (unpaired) electrons. The number of aliphatic hydroxyl groups excluding tert-OH is 1. The lowest BCUT2D eigenvalue weighted by Crippen LogP contribution is -2.27. The molecule has 0 saturated heterocycles. The van der Waals surface area contributed by atoms with Crippen molar-refractivity contribution in [3.63, 3.8) is 0 Å². The summed E-state index contributed by atoms with van der Waals surface area (Å²) in [6, 6.07) is 1.70. The van der Waals surface area contributed by atoms with Crippen molar-refractivity contribution in [1.29, 1.82) is 0 Å². The van der Waals surface area contributed by atoms with Crippen LogP contribution in [0.25, 0.3) is 0 Å². The highest BCUT2D eigenvalue weighted by Gasteiger charge is 2.20. The monoisotopic (exact) mass is 271 g/mol. The molecule has 0 aromatic carbocycles. The summed E-state index contributed by atoms with van der Waals surface area (Å²) in [5, 5.41) is 12.8. The SMILES string of the molecule is CC(C)(CO)CNc1cc(Cl)nc(C(C)(C)C)n1. The minimum atomic E-state index is -0.195. The first-order chi connectivity index (χ1) is 8.14. The van der Waals surface area contributed by atoms with Crippen LogP contribution in [0.15, 0.2) is 6.07 Å². The summed E-state index contributed by atoms with van der Waals surface area (Å²) in [6.45, 7) is 10.8. The largest absolute Gasteiger partial charge is 0.396 e. The van der Waals surface area contributed by atoms with Crippen molar-refractivity contribution in [3.8, 4) is 0 Å².